The summed E-state index contributed by atoms with van der Waals surface area (Å²) in [7, 11) is -4.62. The Bertz CT molecular complexity index is 1090. The minimum absolute atomic E-state index is 0.176. The van der Waals surface area contributed by atoms with Crippen LogP contribution < -0.4 is 0 Å². The second-order valence-electron chi connectivity index (χ2n) is 16.5. The minimum Gasteiger partial charge on any atom is -0.462 e. The van der Waals surface area contributed by atoms with Crippen molar-refractivity contribution in [1.29, 1.82) is 0 Å². The topological polar surface area (TPSA) is 149 Å². The number of hydrogen-bond donors (Lipinski definition) is 3. The smallest absolute Gasteiger partial charge is 0.462 e. The van der Waals surface area contributed by atoms with Crippen molar-refractivity contribution in [3.05, 3.63) is 36.5 Å². The molecule has 0 bridgehead atoms. The molecule has 0 aromatic heterocycles. The zero-order chi connectivity index (χ0) is 44.0. The van der Waals surface area contributed by atoms with Gasteiger partial charge in [-0.15, -0.1) is 0 Å². The van der Waals surface area contributed by atoms with Gasteiger partial charge in [-0.25, -0.2) is 4.57 Å². The van der Waals surface area contributed by atoms with Gasteiger partial charge in [0.1, 0.15) is 12.7 Å². The van der Waals surface area contributed by atoms with Crippen molar-refractivity contribution >= 4 is 19.8 Å². The standard InChI is InChI=1S/C49H91O10P/c1-3-5-7-9-11-13-15-17-19-21-23-25-26-28-30-32-34-36-38-40-48(52)56-44-47(45-58-60(54,55)57-43-46(51)42-50)59-49(53)41-39-37-35-33-31-29-27-24-22-20-18-16-14-12-10-8-6-4-2/h14,16-17,19-20,22,46-47,50-51H,3-13,15,18,21,23-45H2,1-2H3,(H,54,55)/b16-14-,19-17-,22-20-. The quantitative estimate of drug-likeness (QED) is 0.0234. The van der Waals surface area contributed by atoms with Gasteiger partial charge < -0.3 is 24.6 Å². The molecule has 0 radical (unpaired) electrons. The molecule has 352 valence electrons. The van der Waals surface area contributed by atoms with Crippen molar-refractivity contribution in [3.63, 3.8) is 0 Å². The number of carbonyl (C=O) groups excluding carboxylic acids is 2. The van der Waals surface area contributed by atoms with E-state index in [1.165, 1.54) is 128 Å². The molecule has 0 fully saturated rings. The van der Waals surface area contributed by atoms with E-state index in [1.54, 1.807) is 0 Å². The number of aliphatic hydroxyl groups is 2. The first kappa shape index (κ1) is 58.2. The number of esters is 2. The number of aliphatic hydroxyl groups excluding tert-OH is 2. The summed E-state index contributed by atoms with van der Waals surface area (Å²) in [6.07, 6.45) is 48.2. The van der Waals surface area contributed by atoms with E-state index < -0.39 is 51.8 Å². The zero-order valence-corrected chi connectivity index (χ0v) is 39.3. The summed E-state index contributed by atoms with van der Waals surface area (Å²) in [4.78, 5) is 35.1. The van der Waals surface area contributed by atoms with Crippen molar-refractivity contribution in [2.24, 2.45) is 0 Å². The number of phosphoric ester groups is 1. The monoisotopic (exact) mass is 871 g/mol. The molecule has 3 atom stereocenters. The van der Waals surface area contributed by atoms with Crippen LogP contribution in [-0.2, 0) is 32.7 Å². The fraction of sp³-hybridized carbons (Fsp3) is 0.837. The molecule has 11 heteroatoms. The number of rotatable bonds is 46. The van der Waals surface area contributed by atoms with E-state index in [-0.39, 0.29) is 19.4 Å². The number of ether oxygens (including phenoxy) is 2. The Labute approximate surface area is 367 Å². The van der Waals surface area contributed by atoms with Gasteiger partial charge in [0.2, 0.25) is 0 Å². The highest BCUT2D eigenvalue weighted by molar-refractivity contribution is 7.47. The van der Waals surface area contributed by atoms with Crippen LogP contribution in [0.25, 0.3) is 0 Å². The maximum atomic E-state index is 12.7. The second kappa shape index (κ2) is 45.2. The molecule has 0 saturated heterocycles. The maximum absolute atomic E-state index is 12.7. The van der Waals surface area contributed by atoms with Crippen LogP contribution in [0.2, 0.25) is 0 Å². The summed E-state index contributed by atoms with van der Waals surface area (Å²) < 4.78 is 32.8. The molecule has 0 rings (SSSR count). The van der Waals surface area contributed by atoms with Gasteiger partial charge in [0, 0.05) is 12.8 Å². The highest BCUT2D eigenvalue weighted by Crippen LogP contribution is 2.43. The van der Waals surface area contributed by atoms with E-state index in [9.17, 15) is 24.2 Å². The maximum Gasteiger partial charge on any atom is 0.472 e. The Morgan fingerprint density at radius 1 is 0.500 bits per heavy atom. The number of phosphoric acid groups is 1. The van der Waals surface area contributed by atoms with Crippen LogP contribution in [0.1, 0.15) is 226 Å². The molecule has 0 aliphatic carbocycles. The van der Waals surface area contributed by atoms with Gasteiger partial charge in [-0.2, -0.15) is 0 Å². The van der Waals surface area contributed by atoms with E-state index in [0.29, 0.717) is 12.8 Å². The average molecular weight is 871 g/mol. The third-order valence-electron chi connectivity index (χ3n) is 10.5. The summed E-state index contributed by atoms with van der Waals surface area (Å²) in [6.45, 7) is 2.38. The first-order valence-electron chi connectivity index (χ1n) is 24.4. The third-order valence-corrected chi connectivity index (χ3v) is 11.5. The lowest BCUT2D eigenvalue weighted by Gasteiger charge is -2.20. The molecule has 0 aliphatic heterocycles. The summed E-state index contributed by atoms with van der Waals surface area (Å²) in [5.41, 5.74) is 0. The Hall–Kier alpha value is -1.81. The number of unbranched alkanes of at least 4 members (excludes halogenated alkanes) is 26. The van der Waals surface area contributed by atoms with E-state index >= 15 is 0 Å². The van der Waals surface area contributed by atoms with Crippen LogP contribution in [0, 0.1) is 0 Å². The summed E-state index contributed by atoms with van der Waals surface area (Å²) in [5.74, 6) is -0.930. The van der Waals surface area contributed by atoms with E-state index in [4.69, 9.17) is 23.6 Å². The largest absolute Gasteiger partial charge is 0.472 e. The predicted octanol–water partition coefficient (Wildman–Crippen LogP) is 13.5. The molecule has 3 unspecified atom stereocenters. The predicted molar refractivity (Wildman–Crippen MR) is 247 cm³/mol. The van der Waals surface area contributed by atoms with Crippen LogP contribution in [-0.4, -0.2) is 65.7 Å². The van der Waals surface area contributed by atoms with Crippen LogP contribution in [0.15, 0.2) is 36.5 Å². The van der Waals surface area contributed by atoms with Crippen molar-refractivity contribution in [3.8, 4) is 0 Å². The molecule has 0 heterocycles. The third kappa shape index (κ3) is 44.3. The minimum atomic E-state index is -4.62. The first-order chi connectivity index (χ1) is 29.2. The SMILES string of the molecule is CCCCCC/C=C\C/C=C\CCCCCCCCCC(=O)OC(COC(=O)CCCCCCCCCCC/C=C\CCCCCCCC)COP(=O)(O)OCC(O)CO. The molecule has 0 aliphatic rings. The Balaban J connectivity index is 4.22. The fourth-order valence-electron chi connectivity index (χ4n) is 6.72. The summed E-state index contributed by atoms with van der Waals surface area (Å²) >= 11 is 0. The van der Waals surface area contributed by atoms with Crippen molar-refractivity contribution in [1.82, 2.24) is 0 Å². The first-order valence-corrected chi connectivity index (χ1v) is 25.9. The Morgan fingerprint density at radius 2 is 0.867 bits per heavy atom. The zero-order valence-electron chi connectivity index (χ0n) is 38.4. The van der Waals surface area contributed by atoms with Crippen LogP contribution in [0.4, 0.5) is 0 Å². The molecule has 0 amide bonds. The lowest BCUT2D eigenvalue weighted by Crippen LogP contribution is -2.29. The lowest BCUT2D eigenvalue weighted by atomic mass is 10.1. The normalized spacial score (nSPS) is 14.0. The molecule has 10 nitrogen and oxygen atoms in total. The number of allylic oxidation sites excluding steroid dienone is 6. The molecule has 0 aromatic rings. The number of carbonyl (C=O) groups is 2. The van der Waals surface area contributed by atoms with Gasteiger partial charge in [0.05, 0.1) is 19.8 Å². The molecule has 3 N–H and O–H groups in total. The number of hydrogen-bond acceptors (Lipinski definition) is 9. The van der Waals surface area contributed by atoms with Crippen LogP contribution in [0.3, 0.4) is 0 Å². The summed E-state index contributed by atoms with van der Waals surface area (Å²) in [5, 5.41) is 18.4. The second-order valence-corrected chi connectivity index (χ2v) is 17.9. The van der Waals surface area contributed by atoms with Gasteiger partial charge in [0.15, 0.2) is 6.10 Å². The molecule has 60 heavy (non-hydrogen) atoms. The highest BCUT2D eigenvalue weighted by atomic mass is 31.2. The Kier molecular flexibility index (Phi) is 43.9. The molecule has 0 aromatic carbocycles. The average Bonchev–Trinajstić information content (AvgIpc) is 3.24. The van der Waals surface area contributed by atoms with Crippen LogP contribution in [0.5, 0.6) is 0 Å². The lowest BCUT2D eigenvalue weighted by molar-refractivity contribution is -0.161. The van der Waals surface area contributed by atoms with Crippen LogP contribution >= 0.6 is 7.82 Å². The van der Waals surface area contributed by atoms with Gasteiger partial charge in [-0.1, -0.05) is 179 Å². The van der Waals surface area contributed by atoms with Gasteiger partial charge in [-0.05, 0) is 70.6 Å². The van der Waals surface area contributed by atoms with Gasteiger partial charge >= 0.3 is 19.8 Å². The van der Waals surface area contributed by atoms with Crippen molar-refractivity contribution in [2.75, 3.05) is 26.4 Å². The molecule has 0 spiro atoms. The van der Waals surface area contributed by atoms with Gasteiger partial charge in [0.25, 0.3) is 0 Å². The van der Waals surface area contributed by atoms with Crippen molar-refractivity contribution < 1.29 is 47.8 Å². The Morgan fingerprint density at radius 3 is 1.32 bits per heavy atom. The van der Waals surface area contributed by atoms with E-state index in [2.05, 4.69) is 50.3 Å². The van der Waals surface area contributed by atoms with E-state index in [0.717, 1.165) is 57.8 Å². The summed E-state index contributed by atoms with van der Waals surface area (Å²) in [6, 6.07) is 0. The molecular weight excluding hydrogens is 780 g/mol. The molecule has 0 saturated carbocycles. The molecular formula is C49H91O10P. The van der Waals surface area contributed by atoms with Crippen molar-refractivity contribution in [2.45, 2.75) is 238 Å². The van der Waals surface area contributed by atoms with E-state index in [1.807, 2.05) is 0 Å². The fourth-order valence-corrected chi connectivity index (χ4v) is 7.51. The van der Waals surface area contributed by atoms with Gasteiger partial charge in [-0.3, -0.25) is 18.6 Å². The highest BCUT2D eigenvalue weighted by Gasteiger charge is 2.27.